The van der Waals surface area contributed by atoms with Crippen LogP contribution in [0.25, 0.3) is 21.9 Å². The van der Waals surface area contributed by atoms with Crippen LogP contribution in [0, 0.1) is 6.92 Å². The largest absolute Gasteiger partial charge is 0.478 e. The lowest BCUT2D eigenvalue weighted by molar-refractivity contribution is 0.0697. The monoisotopic (exact) mass is 435 g/mol. The van der Waals surface area contributed by atoms with Crippen LogP contribution in [0.5, 0.6) is 0 Å². The topological polar surface area (TPSA) is 66.4 Å². The second-order valence-electron chi connectivity index (χ2n) is 6.85. The zero-order chi connectivity index (χ0) is 21.3. The quantitative estimate of drug-likeness (QED) is 0.386. The third-order valence-corrected chi connectivity index (χ3v) is 6.64. The maximum Gasteiger partial charge on any atom is 0.335 e. The van der Waals surface area contributed by atoms with Crippen LogP contribution in [-0.4, -0.2) is 15.3 Å². The molecule has 30 heavy (non-hydrogen) atoms. The Bertz CT molecular complexity index is 1280. The van der Waals surface area contributed by atoms with E-state index in [9.17, 15) is 14.1 Å². The van der Waals surface area contributed by atoms with Gasteiger partial charge in [0, 0.05) is 5.39 Å². The molecule has 4 nitrogen and oxygen atoms in total. The zero-order valence-corrected chi connectivity index (χ0v) is 17.6. The molecule has 0 radical (unpaired) electrons. The van der Waals surface area contributed by atoms with Crippen molar-refractivity contribution in [3.8, 4) is 11.1 Å². The van der Waals surface area contributed by atoms with Gasteiger partial charge in [-0.05, 0) is 53.3 Å². The summed E-state index contributed by atoms with van der Waals surface area (Å²) in [6, 6.07) is 23.8. The molecular formula is C24H18ClNO3S. The predicted octanol–water partition coefficient (Wildman–Crippen LogP) is 6.30. The van der Waals surface area contributed by atoms with Gasteiger partial charge >= 0.3 is 5.97 Å². The molecule has 150 valence electrons. The van der Waals surface area contributed by atoms with Crippen molar-refractivity contribution in [3.63, 3.8) is 0 Å². The van der Waals surface area contributed by atoms with Crippen LogP contribution in [0.3, 0.4) is 0 Å². The van der Waals surface area contributed by atoms with E-state index in [2.05, 4.69) is 4.72 Å². The highest BCUT2D eigenvalue weighted by Gasteiger charge is 2.15. The first-order valence-corrected chi connectivity index (χ1v) is 10.8. The van der Waals surface area contributed by atoms with E-state index in [4.69, 9.17) is 11.6 Å². The molecule has 0 saturated carbocycles. The van der Waals surface area contributed by atoms with Gasteiger partial charge in [0.15, 0.2) is 11.0 Å². The normalized spacial score (nSPS) is 11.9. The lowest BCUT2D eigenvalue weighted by Crippen LogP contribution is -2.07. The van der Waals surface area contributed by atoms with Gasteiger partial charge in [-0.25, -0.2) is 9.00 Å². The van der Waals surface area contributed by atoms with E-state index in [0.29, 0.717) is 15.6 Å². The maximum absolute atomic E-state index is 13.0. The Morgan fingerprint density at radius 3 is 2.40 bits per heavy atom. The van der Waals surface area contributed by atoms with E-state index >= 15 is 0 Å². The molecular weight excluding hydrogens is 418 g/mol. The Kier molecular flexibility index (Phi) is 5.57. The average Bonchev–Trinajstić information content (AvgIpc) is 2.74. The van der Waals surface area contributed by atoms with E-state index in [1.54, 1.807) is 24.3 Å². The average molecular weight is 436 g/mol. The van der Waals surface area contributed by atoms with Crippen LogP contribution in [0.15, 0.2) is 83.8 Å². The van der Waals surface area contributed by atoms with Crippen molar-refractivity contribution in [2.45, 2.75) is 11.8 Å². The minimum absolute atomic E-state index is 0.231. The van der Waals surface area contributed by atoms with E-state index in [1.807, 2.05) is 61.5 Å². The van der Waals surface area contributed by atoms with Crippen LogP contribution in [0.2, 0.25) is 5.02 Å². The molecule has 0 fully saturated rings. The van der Waals surface area contributed by atoms with Crippen LogP contribution in [0.1, 0.15) is 15.9 Å². The minimum atomic E-state index is -1.53. The van der Waals surface area contributed by atoms with Gasteiger partial charge in [-0.15, -0.1) is 0 Å². The number of hydrogen-bond donors (Lipinski definition) is 2. The summed E-state index contributed by atoms with van der Waals surface area (Å²) in [6.07, 6.45) is 0. The molecule has 0 saturated heterocycles. The fourth-order valence-corrected chi connectivity index (χ4v) is 4.98. The first-order valence-electron chi connectivity index (χ1n) is 9.25. The number of carboxylic acid groups (broad SMARTS) is 1. The molecule has 2 N–H and O–H groups in total. The van der Waals surface area contributed by atoms with E-state index in [0.717, 1.165) is 27.5 Å². The lowest BCUT2D eigenvalue weighted by atomic mass is 9.96. The summed E-state index contributed by atoms with van der Waals surface area (Å²) in [5.41, 5.74) is 3.50. The summed E-state index contributed by atoms with van der Waals surface area (Å²) in [4.78, 5) is 11.9. The smallest absolute Gasteiger partial charge is 0.335 e. The number of fused-ring (bicyclic) bond motifs is 1. The molecule has 0 aromatic heterocycles. The Labute approximate surface area is 181 Å². The minimum Gasteiger partial charge on any atom is -0.478 e. The predicted molar refractivity (Wildman–Crippen MR) is 123 cm³/mol. The van der Waals surface area contributed by atoms with Crippen LogP contribution in [-0.2, 0) is 11.0 Å². The highest BCUT2D eigenvalue weighted by Crippen LogP contribution is 2.35. The van der Waals surface area contributed by atoms with Crippen molar-refractivity contribution < 1.29 is 14.1 Å². The van der Waals surface area contributed by atoms with Gasteiger partial charge in [0.25, 0.3) is 0 Å². The number of hydrogen-bond acceptors (Lipinski definition) is 2. The summed E-state index contributed by atoms with van der Waals surface area (Å²) in [6.45, 7) is 1.87. The molecule has 0 bridgehead atoms. The molecule has 0 heterocycles. The highest BCUT2D eigenvalue weighted by atomic mass is 35.5. The number of aryl methyl sites for hydroxylation is 1. The molecule has 0 spiro atoms. The molecule has 1 atom stereocenters. The van der Waals surface area contributed by atoms with Gasteiger partial charge in [-0.3, -0.25) is 0 Å². The van der Waals surface area contributed by atoms with Gasteiger partial charge in [0.05, 0.1) is 21.2 Å². The van der Waals surface area contributed by atoms with Gasteiger partial charge < -0.3 is 9.83 Å². The number of halogens is 1. The number of nitrogens with one attached hydrogen (secondary N) is 1. The number of carboxylic acids is 1. The molecule has 1 unspecified atom stereocenters. The van der Waals surface area contributed by atoms with Crippen LogP contribution in [0.4, 0.5) is 5.69 Å². The van der Waals surface area contributed by atoms with E-state index in [-0.39, 0.29) is 5.56 Å². The van der Waals surface area contributed by atoms with E-state index < -0.39 is 17.0 Å². The summed E-state index contributed by atoms with van der Waals surface area (Å²) in [5, 5.41) is 11.6. The first-order chi connectivity index (χ1) is 14.5. The Morgan fingerprint density at radius 1 is 0.933 bits per heavy atom. The second kappa shape index (κ2) is 8.30. The molecule has 0 aliphatic carbocycles. The Balaban J connectivity index is 1.79. The van der Waals surface area contributed by atoms with Gasteiger partial charge in [0.1, 0.15) is 0 Å². The molecule has 0 aliphatic heterocycles. The third-order valence-electron chi connectivity index (χ3n) is 4.90. The standard InChI is InChI=1S/C24H18ClNO3S/c1-15-6-4-11-21(25)23(15)30(29)26-22-13-12-18(19-9-2-3-10-20(19)22)16-7-5-8-17(14-16)24(27)28/h2-14,26H,1H3,(H,27,28). The summed E-state index contributed by atoms with van der Waals surface area (Å²) in [5.74, 6) is -0.968. The number of carbonyl (C=O) groups is 1. The van der Waals surface area contributed by atoms with Crippen molar-refractivity contribution in [2.75, 3.05) is 4.72 Å². The first kappa shape index (κ1) is 20.1. The lowest BCUT2D eigenvalue weighted by Gasteiger charge is -2.15. The van der Waals surface area contributed by atoms with E-state index in [1.165, 1.54) is 0 Å². The third kappa shape index (κ3) is 3.82. The molecule has 0 amide bonds. The maximum atomic E-state index is 13.0. The molecule has 6 heteroatoms. The number of aromatic carboxylic acids is 1. The van der Waals surface area contributed by atoms with Crippen LogP contribution < -0.4 is 4.72 Å². The molecule has 4 aromatic rings. The van der Waals surface area contributed by atoms with Gasteiger partial charge in [-0.1, -0.05) is 66.2 Å². The molecule has 0 aliphatic rings. The SMILES string of the molecule is Cc1cccc(Cl)c1S(=O)Nc1ccc(-c2cccc(C(=O)O)c2)c2ccccc12. The fourth-order valence-electron chi connectivity index (χ4n) is 3.46. The van der Waals surface area contributed by atoms with Gasteiger partial charge in [0.2, 0.25) is 0 Å². The summed E-state index contributed by atoms with van der Waals surface area (Å²) < 4.78 is 16.1. The van der Waals surface area contributed by atoms with Gasteiger partial charge in [-0.2, -0.15) is 0 Å². The van der Waals surface area contributed by atoms with Crippen molar-refractivity contribution in [1.82, 2.24) is 0 Å². The summed E-state index contributed by atoms with van der Waals surface area (Å²) in [7, 11) is -1.53. The van der Waals surface area contributed by atoms with Crippen molar-refractivity contribution in [1.29, 1.82) is 0 Å². The Hall–Kier alpha value is -3.15. The zero-order valence-electron chi connectivity index (χ0n) is 16.1. The summed E-state index contributed by atoms with van der Waals surface area (Å²) >= 11 is 6.27. The number of anilines is 1. The number of rotatable bonds is 5. The van der Waals surface area contributed by atoms with Crippen LogP contribution >= 0.6 is 11.6 Å². The van der Waals surface area contributed by atoms with Crippen molar-refractivity contribution >= 4 is 45.0 Å². The van der Waals surface area contributed by atoms with Crippen molar-refractivity contribution in [3.05, 3.63) is 95.0 Å². The fraction of sp³-hybridized carbons (Fsp3) is 0.0417. The molecule has 4 rings (SSSR count). The van der Waals surface area contributed by atoms with Crippen molar-refractivity contribution in [2.24, 2.45) is 0 Å². The second-order valence-corrected chi connectivity index (χ2v) is 8.41. The molecule has 4 aromatic carbocycles. The Morgan fingerprint density at radius 2 is 1.67 bits per heavy atom. The highest BCUT2D eigenvalue weighted by molar-refractivity contribution is 7.86. The number of benzene rings is 4.